The average Bonchev–Trinajstić information content (AvgIpc) is 2.61. The molecule has 8 heteroatoms. The summed E-state index contributed by atoms with van der Waals surface area (Å²) in [5.74, 6) is -0.433. The monoisotopic (exact) mass is 362 g/mol. The number of benzene rings is 1. The Morgan fingerprint density at radius 3 is 2.64 bits per heavy atom. The van der Waals surface area contributed by atoms with Crippen molar-refractivity contribution in [3.8, 4) is 0 Å². The van der Waals surface area contributed by atoms with E-state index in [0.29, 0.717) is 17.5 Å². The molecule has 2 N–H and O–H groups in total. The first-order valence-electron chi connectivity index (χ1n) is 7.77. The van der Waals surface area contributed by atoms with Crippen molar-refractivity contribution in [2.75, 3.05) is 11.9 Å². The molecule has 0 aliphatic carbocycles. The number of ether oxygens (including phenoxy) is 1. The summed E-state index contributed by atoms with van der Waals surface area (Å²) in [6.45, 7) is 2.11. The van der Waals surface area contributed by atoms with Crippen molar-refractivity contribution in [1.29, 1.82) is 0 Å². The molecular weight excluding hydrogens is 344 g/mol. The Bertz CT molecular complexity index is 712. The Morgan fingerprint density at radius 1 is 1.20 bits per heavy atom. The third-order valence-electron chi connectivity index (χ3n) is 3.27. The number of nitrogens with one attached hydrogen (secondary N) is 2. The zero-order valence-electron chi connectivity index (χ0n) is 13.7. The lowest BCUT2D eigenvalue weighted by atomic mass is 10.2. The van der Waals surface area contributed by atoms with Crippen LogP contribution in [0, 0.1) is 0 Å². The molecule has 1 aromatic heterocycles. The second-order valence-corrected chi connectivity index (χ2v) is 5.60. The number of anilines is 1. The summed E-state index contributed by atoms with van der Waals surface area (Å²) in [6.07, 6.45) is 2.40. The molecule has 1 atom stereocenters. The molecule has 1 unspecified atom stereocenters. The lowest BCUT2D eigenvalue weighted by molar-refractivity contribution is -0.154. The van der Waals surface area contributed by atoms with Crippen LogP contribution in [-0.4, -0.2) is 34.5 Å². The van der Waals surface area contributed by atoms with Gasteiger partial charge in [-0.25, -0.2) is 9.97 Å². The number of hydrogen-bond acceptors (Lipinski definition) is 6. The predicted octanol–water partition coefficient (Wildman–Crippen LogP) is 2.18. The molecular formula is C17H19ClN4O3. The maximum atomic E-state index is 12.0. The van der Waals surface area contributed by atoms with Crippen LogP contribution in [0.5, 0.6) is 0 Å². The number of halogens is 1. The Kier molecular flexibility index (Phi) is 7.16. The SMILES string of the molecule is CC(OC(=O)CCNc1ncccn1)C(=O)NCc1ccccc1Cl. The molecule has 0 aliphatic heterocycles. The standard InChI is InChI=1S/C17H19ClN4O3/c1-12(16(24)22-11-13-5-2-3-6-14(13)18)25-15(23)7-10-21-17-19-8-4-9-20-17/h2-6,8-9,12H,7,10-11H2,1H3,(H,22,24)(H,19,20,21). The Hall–Kier alpha value is -2.67. The first-order valence-corrected chi connectivity index (χ1v) is 8.15. The molecule has 0 radical (unpaired) electrons. The van der Waals surface area contributed by atoms with Crippen LogP contribution in [-0.2, 0) is 20.9 Å². The molecule has 25 heavy (non-hydrogen) atoms. The van der Waals surface area contributed by atoms with Crippen LogP contribution in [0.3, 0.4) is 0 Å². The fourth-order valence-corrected chi connectivity index (χ4v) is 2.15. The minimum Gasteiger partial charge on any atom is -0.452 e. The molecule has 0 bridgehead atoms. The Morgan fingerprint density at radius 2 is 1.92 bits per heavy atom. The van der Waals surface area contributed by atoms with Gasteiger partial charge in [-0.1, -0.05) is 29.8 Å². The predicted molar refractivity (Wildman–Crippen MR) is 94.0 cm³/mol. The molecule has 0 aliphatic rings. The van der Waals surface area contributed by atoms with E-state index in [1.807, 2.05) is 18.2 Å². The van der Waals surface area contributed by atoms with E-state index in [-0.39, 0.29) is 18.9 Å². The molecule has 132 valence electrons. The highest BCUT2D eigenvalue weighted by Crippen LogP contribution is 2.14. The first kappa shape index (κ1) is 18.7. The lowest BCUT2D eigenvalue weighted by Crippen LogP contribution is -2.35. The molecule has 0 saturated carbocycles. The molecule has 0 fully saturated rings. The van der Waals surface area contributed by atoms with Crippen LogP contribution < -0.4 is 10.6 Å². The summed E-state index contributed by atoms with van der Waals surface area (Å²) in [5, 5.41) is 6.15. The molecule has 0 saturated heterocycles. The van der Waals surface area contributed by atoms with Crippen molar-refractivity contribution < 1.29 is 14.3 Å². The fraction of sp³-hybridized carbons (Fsp3) is 0.294. The van der Waals surface area contributed by atoms with Gasteiger partial charge in [-0.3, -0.25) is 9.59 Å². The highest BCUT2D eigenvalue weighted by molar-refractivity contribution is 6.31. The maximum Gasteiger partial charge on any atom is 0.308 e. The van der Waals surface area contributed by atoms with Gasteiger partial charge in [0.2, 0.25) is 5.95 Å². The molecule has 1 heterocycles. The molecule has 1 aromatic carbocycles. The van der Waals surface area contributed by atoms with Gasteiger partial charge in [0.1, 0.15) is 0 Å². The lowest BCUT2D eigenvalue weighted by Gasteiger charge is -2.14. The third-order valence-corrected chi connectivity index (χ3v) is 3.64. The van der Waals surface area contributed by atoms with Gasteiger partial charge >= 0.3 is 5.97 Å². The number of amides is 1. The molecule has 1 amide bonds. The number of esters is 1. The van der Waals surface area contributed by atoms with Gasteiger partial charge in [0.25, 0.3) is 5.91 Å². The van der Waals surface area contributed by atoms with Gasteiger partial charge in [0, 0.05) is 30.5 Å². The van der Waals surface area contributed by atoms with Gasteiger partial charge in [-0.2, -0.15) is 0 Å². The Balaban J connectivity index is 1.69. The van der Waals surface area contributed by atoms with Gasteiger partial charge in [0.05, 0.1) is 6.42 Å². The number of aromatic nitrogens is 2. The van der Waals surface area contributed by atoms with Crippen molar-refractivity contribution in [1.82, 2.24) is 15.3 Å². The van der Waals surface area contributed by atoms with E-state index in [9.17, 15) is 9.59 Å². The quantitative estimate of drug-likeness (QED) is 0.699. The van der Waals surface area contributed by atoms with Crippen LogP contribution in [0.25, 0.3) is 0 Å². The van der Waals surface area contributed by atoms with Crippen molar-refractivity contribution in [3.63, 3.8) is 0 Å². The van der Waals surface area contributed by atoms with Gasteiger partial charge < -0.3 is 15.4 Å². The third kappa shape index (κ3) is 6.39. The largest absolute Gasteiger partial charge is 0.452 e. The van der Waals surface area contributed by atoms with Crippen LogP contribution in [0.2, 0.25) is 5.02 Å². The van der Waals surface area contributed by atoms with E-state index in [0.717, 1.165) is 5.56 Å². The van der Waals surface area contributed by atoms with Gasteiger partial charge in [-0.15, -0.1) is 0 Å². The van der Waals surface area contributed by atoms with E-state index < -0.39 is 12.1 Å². The van der Waals surface area contributed by atoms with E-state index in [4.69, 9.17) is 16.3 Å². The van der Waals surface area contributed by atoms with Crippen LogP contribution in [0.4, 0.5) is 5.95 Å². The number of rotatable bonds is 8. The summed E-state index contributed by atoms with van der Waals surface area (Å²) >= 11 is 6.03. The zero-order valence-corrected chi connectivity index (χ0v) is 14.5. The fourth-order valence-electron chi connectivity index (χ4n) is 1.94. The first-order chi connectivity index (χ1) is 12.1. The van der Waals surface area contributed by atoms with E-state index in [2.05, 4.69) is 20.6 Å². The highest BCUT2D eigenvalue weighted by atomic mass is 35.5. The molecule has 2 aromatic rings. The van der Waals surface area contributed by atoms with Crippen molar-refractivity contribution in [2.45, 2.75) is 26.0 Å². The summed E-state index contributed by atoms with van der Waals surface area (Å²) < 4.78 is 5.10. The normalized spacial score (nSPS) is 11.4. The van der Waals surface area contributed by atoms with Gasteiger partial charge in [0.15, 0.2) is 6.10 Å². The number of hydrogen-bond donors (Lipinski definition) is 2. The topological polar surface area (TPSA) is 93.2 Å². The summed E-state index contributed by atoms with van der Waals surface area (Å²) in [5.41, 5.74) is 0.795. The maximum absolute atomic E-state index is 12.0. The van der Waals surface area contributed by atoms with Gasteiger partial charge in [-0.05, 0) is 24.6 Å². The van der Waals surface area contributed by atoms with Crippen LogP contribution in [0.1, 0.15) is 18.9 Å². The van der Waals surface area contributed by atoms with Crippen molar-refractivity contribution in [3.05, 3.63) is 53.3 Å². The molecule has 0 spiro atoms. The number of nitrogens with zero attached hydrogens (tertiary/aromatic N) is 2. The Labute approximate surface area is 150 Å². The van der Waals surface area contributed by atoms with Crippen LogP contribution in [0.15, 0.2) is 42.7 Å². The van der Waals surface area contributed by atoms with Crippen LogP contribution >= 0.6 is 11.6 Å². The number of carbonyl (C=O) groups excluding carboxylic acids is 2. The van der Waals surface area contributed by atoms with Crippen molar-refractivity contribution in [2.24, 2.45) is 0 Å². The van der Waals surface area contributed by atoms with E-state index >= 15 is 0 Å². The molecule has 7 nitrogen and oxygen atoms in total. The van der Waals surface area contributed by atoms with Crippen molar-refractivity contribution >= 4 is 29.4 Å². The smallest absolute Gasteiger partial charge is 0.308 e. The highest BCUT2D eigenvalue weighted by Gasteiger charge is 2.17. The van der Waals surface area contributed by atoms with E-state index in [1.165, 1.54) is 6.92 Å². The number of carbonyl (C=O) groups is 2. The second-order valence-electron chi connectivity index (χ2n) is 5.19. The second kappa shape index (κ2) is 9.58. The summed E-state index contributed by atoms with van der Waals surface area (Å²) in [6, 6.07) is 8.90. The summed E-state index contributed by atoms with van der Waals surface area (Å²) in [7, 11) is 0. The average molecular weight is 363 g/mol. The summed E-state index contributed by atoms with van der Waals surface area (Å²) in [4.78, 5) is 31.7. The minimum absolute atomic E-state index is 0.0976. The zero-order chi connectivity index (χ0) is 18.1. The van der Waals surface area contributed by atoms with E-state index in [1.54, 1.807) is 24.5 Å². The molecule has 2 rings (SSSR count). The minimum atomic E-state index is -0.886.